The molecule has 0 radical (unpaired) electrons. The van der Waals surface area contributed by atoms with Crippen LogP contribution in [0.2, 0.25) is 0 Å². The van der Waals surface area contributed by atoms with Crippen molar-refractivity contribution in [1.29, 1.82) is 0 Å². The van der Waals surface area contributed by atoms with Gasteiger partial charge in [-0.25, -0.2) is 0 Å². The molecule has 4 heteroatoms. The molecule has 1 unspecified atom stereocenters. The molecule has 0 aromatic rings. The molecule has 2 amide bonds. The largest absolute Gasteiger partial charge is 0.354 e. The summed E-state index contributed by atoms with van der Waals surface area (Å²) in [5, 5.41) is 3.05. The highest BCUT2D eigenvalue weighted by Crippen LogP contribution is 2.23. The van der Waals surface area contributed by atoms with Crippen molar-refractivity contribution in [3.8, 4) is 0 Å². The van der Waals surface area contributed by atoms with E-state index >= 15 is 0 Å². The Balaban J connectivity index is 1.78. The molecule has 1 aliphatic carbocycles. The highest BCUT2D eigenvalue weighted by molar-refractivity contribution is 5.87. The number of hydrogen-bond donors (Lipinski definition) is 1. The summed E-state index contributed by atoms with van der Waals surface area (Å²) in [5.41, 5.74) is 0. The van der Waals surface area contributed by atoms with E-state index in [9.17, 15) is 9.59 Å². The zero-order valence-corrected chi connectivity index (χ0v) is 11.3. The van der Waals surface area contributed by atoms with E-state index in [1.54, 1.807) is 11.8 Å². The lowest BCUT2D eigenvalue weighted by Crippen LogP contribution is -2.46. The lowest BCUT2D eigenvalue weighted by molar-refractivity contribution is -0.136. The molecule has 102 valence electrons. The monoisotopic (exact) mass is 252 g/mol. The van der Waals surface area contributed by atoms with Crippen LogP contribution in [0.4, 0.5) is 0 Å². The number of nitrogens with one attached hydrogen (secondary N) is 1. The lowest BCUT2D eigenvalue weighted by Gasteiger charge is -2.25. The Kier molecular flexibility index (Phi) is 4.61. The molecule has 2 rings (SSSR count). The van der Waals surface area contributed by atoms with Gasteiger partial charge in [-0.05, 0) is 31.6 Å². The van der Waals surface area contributed by atoms with Gasteiger partial charge in [0.2, 0.25) is 11.8 Å². The first-order chi connectivity index (χ1) is 8.68. The van der Waals surface area contributed by atoms with Gasteiger partial charge in [-0.15, -0.1) is 0 Å². The Bertz CT molecular complexity index is 311. The third kappa shape index (κ3) is 3.24. The van der Waals surface area contributed by atoms with Crippen LogP contribution < -0.4 is 5.32 Å². The number of carbonyl (C=O) groups is 2. The van der Waals surface area contributed by atoms with Crippen molar-refractivity contribution in [3.05, 3.63) is 0 Å². The first-order valence-electron chi connectivity index (χ1n) is 7.23. The zero-order valence-electron chi connectivity index (χ0n) is 11.3. The summed E-state index contributed by atoms with van der Waals surface area (Å²) in [6.07, 6.45) is 8.16. The third-order valence-corrected chi connectivity index (χ3v) is 4.25. The van der Waals surface area contributed by atoms with Gasteiger partial charge in [-0.3, -0.25) is 9.59 Å². The zero-order chi connectivity index (χ0) is 13.0. The molecule has 4 nitrogen and oxygen atoms in total. The van der Waals surface area contributed by atoms with Gasteiger partial charge >= 0.3 is 0 Å². The summed E-state index contributed by atoms with van der Waals surface area (Å²) in [7, 11) is 0. The maximum atomic E-state index is 12.1. The van der Waals surface area contributed by atoms with Crippen LogP contribution >= 0.6 is 0 Å². The van der Waals surface area contributed by atoms with Crippen molar-refractivity contribution in [2.45, 2.75) is 57.9 Å². The van der Waals surface area contributed by atoms with Crippen molar-refractivity contribution in [3.63, 3.8) is 0 Å². The second-order valence-electron chi connectivity index (χ2n) is 5.62. The van der Waals surface area contributed by atoms with Crippen LogP contribution in [0.3, 0.4) is 0 Å². The normalized spacial score (nSPS) is 25.2. The first kappa shape index (κ1) is 13.4. The molecule has 1 N–H and O–H groups in total. The van der Waals surface area contributed by atoms with E-state index in [1.165, 1.54) is 32.1 Å². The number of hydrogen-bond acceptors (Lipinski definition) is 2. The van der Waals surface area contributed by atoms with E-state index in [1.807, 2.05) is 0 Å². The molecule has 0 bridgehead atoms. The molecular weight excluding hydrogens is 228 g/mol. The molecule has 18 heavy (non-hydrogen) atoms. The van der Waals surface area contributed by atoms with Crippen LogP contribution in [0.1, 0.15) is 51.9 Å². The van der Waals surface area contributed by atoms with Crippen LogP contribution in [-0.2, 0) is 9.59 Å². The average Bonchev–Trinajstić information content (AvgIpc) is 2.86. The van der Waals surface area contributed by atoms with Crippen LogP contribution in [-0.4, -0.2) is 35.8 Å². The van der Waals surface area contributed by atoms with Crippen molar-refractivity contribution in [1.82, 2.24) is 10.2 Å². The van der Waals surface area contributed by atoms with E-state index in [0.717, 1.165) is 25.9 Å². The summed E-state index contributed by atoms with van der Waals surface area (Å²) in [5.74, 6) is 0.716. The second-order valence-corrected chi connectivity index (χ2v) is 5.62. The summed E-state index contributed by atoms with van der Waals surface area (Å²) < 4.78 is 0. The average molecular weight is 252 g/mol. The molecule has 0 spiro atoms. The van der Waals surface area contributed by atoms with Crippen molar-refractivity contribution in [2.75, 3.05) is 13.1 Å². The number of carbonyl (C=O) groups excluding carboxylic acids is 2. The van der Waals surface area contributed by atoms with Gasteiger partial charge < -0.3 is 10.2 Å². The van der Waals surface area contributed by atoms with E-state index < -0.39 is 0 Å². The highest BCUT2D eigenvalue weighted by atomic mass is 16.2. The molecule has 1 atom stereocenters. The minimum absolute atomic E-state index is 0.0188. The van der Waals surface area contributed by atoms with Gasteiger partial charge in [-0.2, -0.15) is 0 Å². The number of rotatable bonds is 3. The quantitative estimate of drug-likeness (QED) is 0.831. The fraction of sp³-hybridized carbons (Fsp3) is 0.857. The topological polar surface area (TPSA) is 49.4 Å². The lowest BCUT2D eigenvalue weighted by atomic mass is 9.89. The van der Waals surface area contributed by atoms with Crippen molar-refractivity contribution in [2.24, 2.45) is 5.92 Å². The predicted molar refractivity (Wildman–Crippen MR) is 70.0 cm³/mol. The molecule has 1 aliphatic heterocycles. The van der Waals surface area contributed by atoms with Crippen molar-refractivity contribution >= 4 is 11.8 Å². The van der Waals surface area contributed by atoms with Crippen LogP contribution in [0.5, 0.6) is 0 Å². The van der Waals surface area contributed by atoms with E-state index in [-0.39, 0.29) is 17.9 Å². The summed E-state index contributed by atoms with van der Waals surface area (Å²) in [6, 6.07) is -0.217. The van der Waals surface area contributed by atoms with Gasteiger partial charge in [-0.1, -0.05) is 19.3 Å². The number of amides is 2. The molecule has 2 fully saturated rings. The molecule has 1 heterocycles. The number of likely N-dealkylation sites (tertiary alicyclic amines) is 1. The standard InChI is InChI=1S/C14H24N2O2/c1-11(17)16-9-5-8-13(16)14(18)15-10-12-6-3-2-4-7-12/h12-13H,2-10H2,1H3,(H,15,18). The van der Waals surface area contributed by atoms with E-state index in [2.05, 4.69) is 5.32 Å². The van der Waals surface area contributed by atoms with Gasteiger partial charge in [0.25, 0.3) is 0 Å². The Morgan fingerprint density at radius 1 is 1.11 bits per heavy atom. The van der Waals surface area contributed by atoms with Gasteiger partial charge in [0.05, 0.1) is 0 Å². The van der Waals surface area contributed by atoms with Crippen LogP contribution in [0.15, 0.2) is 0 Å². The summed E-state index contributed by atoms with van der Waals surface area (Å²) in [6.45, 7) is 3.07. The van der Waals surface area contributed by atoms with Crippen molar-refractivity contribution < 1.29 is 9.59 Å². The van der Waals surface area contributed by atoms with Crippen LogP contribution in [0.25, 0.3) is 0 Å². The minimum Gasteiger partial charge on any atom is -0.354 e. The maximum Gasteiger partial charge on any atom is 0.242 e. The molecule has 1 saturated carbocycles. The van der Waals surface area contributed by atoms with E-state index in [4.69, 9.17) is 0 Å². The second kappa shape index (κ2) is 6.21. The van der Waals surface area contributed by atoms with Gasteiger partial charge in [0.1, 0.15) is 6.04 Å². The van der Waals surface area contributed by atoms with Crippen LogP contribution in [0, 0.1) is 5.92 Å². The molecular formula is C14H24N2O2. The minimum atomic E-state index is -0.217. The van der Waals surface area contributed by atoms with Gasteiger partial charge in [0, 0.05) is 20.0 Å². The Morgan fingerprint density at radius 3 is 2.50 bits per heavy atom. The maximum absolute atomic E-state index is 12.1. The molecule has 0 aromatic carbocycles. The van der Waals surface area contributed by atoms with Gasteiger partial charge in [0.15, 0.2) is 0 Å². The first-order valence-corrected chi connectivity index (χ1v) is 7.23. The smallest absolute Gasteiger partial charge is 0.242 e. The summed E-state index contributed by atoms with van der Waals surface area (Å²) in [4.78, 5) is 25.2. The predicted octanol–water partition coefficient (Wildman–Crippen LogP) is 1.69. The molecule has 1 saturated heterocycles. The Hall–Kier alpha value is -1.06. The summed E-state index contributed by atoms with van der Waals surface area (Å²) >= 11 is 0. The molecule has 0 aromatic heterocycles. The Labute approximate surface area is 109 Å². The van der Waals surface area contributed by atoms with E-state index in [0.29, 0.717) is 5.92 Å². The Morgan fingerprint density at radius 2 is 1.83 bits per heavy atom. The fourth-order valence-electron chi connectivity index (χ4n) is 3.17. The fourth-order valence-corrected chi connectivity index (χ4v) is 3.17. The highest BCUT2D eigenvalue weighted by Gasteiger charge is 2.32. The third-order valence-electron chi connectivity index (χ3n) is 4.25. The SMILES string of the molecule is CC(=O)N1CCCC1C(=O)NCC1CCCCC1. The molecule has 2 aliphatic rings. The number of nitrogens with zero attached hydrogens (tertiary/aromatic N) is 1.